The van der Waals surface area contributed by atoms with Crippen molar-refractivity contribution >= 4 is 6.03 Å². The summed E-state index contributed by atoms with van der Waals surface area (Å²) in [7, 11) is 0. The first-order valence-electron chi connectivity index (χ1n) is 7.92. The topological polar surface area (TPSA) is 55.8 Å². The molecule has 1 unspecified atom stereocenters. The van der Waals surface area contributed by atoms with Crippen LogP contribution in [0.5, 0.6) is 0 Å². The Morgan fingerprint density at radius 1 is 1.25 bits per heavy atom. The summed E-state index contributed by atoms with van der Waals surface area (Å²) in [5, 5.41) is 12.1. The molecule has 0 aliphatic carbocycles. The van der Waals surface area contributed by atoms with Crippen molar-refractivity contribution in [2.75, 3.05) is 45.9 Å². The Hall–Kier alpha value is -0.810. The Balaban J connectivity index is 2.30. The van der Waals surface area contributed by atoms with Crippen molar-refractivity contribution in [3.8, 4) is 0 Å². The van der Waals surface area contributed by atoms with Crippen molar-refractivity contribution in [3.63, 3.8) is 0 Å². The first kappa shape index (κ1) is 17.2. The summed E-state index contributed by atoms with van der Waals surface area (Å²) in [6.07, 6.45) is 1.81. The number of carbonyl (C=O) groups excluding carboxylic acids is 1. The van der Waals surface area contributed by atoms with Crippen LogP contribution >= 0.6 is 0 Å². The van der Waals surface area contributed by atoms with Crippen LogP contribution in [0.25, 0.3) is 0 Å². The van der Waals surface area contributed by atoms with Gasteiger partial charge in [0.25, 0.3) is 0 Å². The molecule has 1 aliphatic rings. The van der Waals surface area contributed by atoms with E-state index in [4.69, 9.17) is 5.11 Å². The van der Waals surface area contributed by atoms with Gasteiger partial charge in [-0.15, -0.1) is 0 Å². The Morgan fingerprint density at radius 3 is 2.40 bits per heavy atom. The SMILES string of the molecule is CCN1CCN(C(=O)NCC(CCO)CC(C)C)CC1. The van der Waals surface area contributed by atoms with Gasteiger partial charge in [0.15, 0.2) is 0 Å². The van der Waals surface area contributed by atoms with Crippen LogP contribution in [-0.2, 0) is 0 Å². The lowest BCUT2D eigenvalue weighted by Crippen LogP contribution is -2.52. The second-order valence-corrected chi connectivity index (χ2v) is 6.12. The van der Waals surface area contributed by atoms with E-state index < -0.39 is 0 Å². The average Bonchev–Trinajstić information content (AvgIpc) is 2.44. The number of piperazine rings is 1. The minimum Gasteiger partial charge on any atom is -0.396 e. The molecular formula is C15H31N3O2. The molecule has 5 heteroatoms. The minimum atomic E-state index is 0.0486. The molecule has 0 aromatic heterocycles. The van der Waals surface area contributed by atoms with Crippen molar-refractivity contribution in [2.24, 2.45) is 11.8 Å². The molecule has 2 N–H and O–H groups in total. The fourth-order valence-corrected chi connectivity index (χ4v) is 2.76. The van der Waals surface area contributed by atoms with Gasteiger partial charge in [-0.25, -0.2) is 4.79 Å². The van der Waals surface area contributed by atoms with Crippen LogP contribution in [0.2, 0.25) is 0 Å². The van der Waals surface area contributed by atoms with Gasteiger partial charge in [0, 0.05) is 39.3 Å². The molecule has 0 bridgehead atoms. The van der Waals surface area contributed by atoms with Gasteiger partial charge in [-0.1, -0.05) is 20.8 Å². The number of likely N-dealkylation sites (N-methyl/N-ethyl adjacent to an activating group) is 1. The predicted octanol–water partition coefficient (Wildman–Crippen LogP) is 1.38. The van der Waals surface area contributed by atoms with E-state index in [1.807, 2.05) is 4.90 Å². The summed E-state index contributed by atoms with van der Waals surface area (Å²) in [5.74, 6) is 0.970. The number of aliphatic hydroxyl groups is 1. The number of hydrogen-bond donors (Lipinski definition) is 2. The molecule has 5 nitrogen and oxygen atoms in total. The van der Waals surface area contributed by atoms with Gasteiger partial charge in [0.1, 0.15) is 0 Å². The fraction of sp³-hybridized carbons (Fsp3) is 0.933. The molecule has 0 aromatic rings. The molecule has 1 atom stereocenters. The van der Waals surface area contributed by atoms with Crippen LogP contribution in [0.15, 0.2) is 0 Å². The largest absolute Gasteiger partial charge is 0.396 e. The number of nitrogens with zero attached hydrogens (tertiary/aromatic N) is 2. The predicted molar refractivity (Wildman–Crippen MR) is 81.7 cm³/mol. The van der Waals surface area contributed by atoms with Crippen molar-refractivity contribution < 1.29 is 9.90 Å². The number of carbonyl (C=O) groups is 1. The maximum absolute atomic E-state index is 12.1. The van der Waals surface area contributed by atoms with Crippen molar-refractivity contribution in [2.45, 2.75) is 33.6 Å². The third-order valence-corrected chi connectivity index (χ3v) is 3.99. The summed E-state index contributed by atoms with van der Waals surface area (Å²) in [6.45, 7) is 12.0. The zero-order valence-corrected chi connectivity index (χ0v) is 13.3. The number of rotatable bonds is 7. The summed E-state index contributed by atoms with van der Waals surface area (Å²) in [4.78, 5) is 16.4. The van der Waals surface area contributed by atoms with Gasteiger partial charge >= 0.3 is 6.03 Å². The highest BCUT2D eigenvalue weighted by Crippen LogP contribution is 2.14. The van der Waals surface area contributed by atoms with Crippen LogP contribution in [-0.4, -0.2) is 66.8 Å². The van der Waals surface area contributed by atoms with E-state index >= 15 is 0 Å². The van der Waals surface area contributed by atoms with Gasteiger partial charge in [0.2, 0.25) is 0 Å². The molecule has 0 saturated carbocycles. The zero-order chi connectivity index (χ0) is 15.0. The van der Waals surface area contributed by atoms with E-state index in [-0.39, 0.29) is 12.6 Å². The Morgan fingerprint density at radius 2 is 1.90 bits per heavy atom. The zero-order valence-electron chi connectivity index (χ0n) is 13.3. The van der Waals surface area contributed by atoms with E-state index in [0.717, 1.165) is 45.6 Å². The molecule has 1 aliphatic heterocycles. The van der Waals surface area contributed by atoms with E-state index in [1.165, 1.54) is 0 Å². The van der Waals surface area contributed by atoms with Crippen molar-refractivity contribution in [1.82, 2.24) is 15.1 Å². The van der Waals surface area contributed by atoms with Crippen LogP contribution in [0, 0.1) is 11.8 Å². The monoisotopic (exact) mass is 285 g/mol. The Kier molecular flexibility index (Phi) is 7.92. The second-order valence-electron chi connectivity index (χ2n) is 6.12. The minimum absolute atomic E-state index is 0.0486. The lowest BCUT2D eigenvalue weighted by Gasteiger charge is -2.34. The van der Waals surface area contributed by atoms with Gasteiger partial charge in [-0.3, -0.25) is 0 Å². The highest BCUT2D eigenvalue weighted by Gasteiger charge is 2.20. The molecule has 1 rings (SSSR count). The number of nitrogens with one attached hydrogen (secondary N) is 1. The summed E-state index contributed by atoms with van der Waals surface area (Å²) in [5.41, 5.74) is 0. The molecule has 1 fully saturated rings. The van der Waals surface area contributed by atoms with Crippen LogP contribution < -0.4 is 5.32 Å². The second kappa shape index (κ2) is 9.19. The summed E-state index contributed by atoms with van der Waals surface area (Å²) in [6, 6.07) is 0.0486. The van der Waals surface area contributed by atoms with Crippen LogP contribution in [0.3, 0.4) is 0 Å². The number of urea groups is 1. The molecule has 0 aromatic carbocycles. The first-order valence-corrected chi connectivity index (χ1v) is 7.92. The Labute approximate surface area is 123 Å². The first-order chi connectivity index (χ1) is 9.56. The highest BCUT2D eigenvalue weighted by atomic mass is 16.3. The lowest BCUT2D eigenvalue weighted by molar-refractivity contribution is 0.141. The normalized spacial score (nSPS) is 18.4. The third kappa shape index (κ3) is 6.09. The summed E-state index contributed by atoms with van der Waals surface area (Å²) < 4.78 is 0. The van der Waals surface area contributed by atoms with E-state index in [2.05, 4.69) is 31.0 Å². The summed E-state index contributed by atoms with van der Waals surface area (Å²) >= 11 is 0. The molecule has 1 heterocycles. The molecule has 2 amide bonds. The van der Waals surface area contributed by atoms with E-state index in [1.54, 1.807) is 0 Å². The van der Waals surface area contributed by atoms with Crippen LogP contribution in [0.1, 0.15) is 33.6 Å². The van der Waals surface area contributed by atoms with Gasteiger partial charge < -0.3 is 20.2 Å². The highest BCUT2D eigenvalue weighted by molar-refractivity contribution is 5.74. The fourth-order valence-electron chi connectivity index (χ4n) is 2.76. The third-order valence-electron chi connectivity index (χ3n) is 3.99. The lowest BCUT2D eigenvalue weighted by atomic mass is 9.94. The molecule has 0 radical (unpaired) electrons. The molecule has 1 saturated heterocycles. The van der Waals surface area contributed by atoms with Crippen molar-refractivity contribution in [3.05, 3.63) is 0 Å². The Bertz CT molecular complexity index is 276. The quantitative estimate of drug-likeness (QED) is 0.743. The van der Waals surface area contributed by atoms with Crippen molar-refractivity contribution in [1.29, 1.82) is 0 Å². The molecule has 118 valence electrons. The van der Waals surface area contributed by atoms with Crippen LogP contribution in [0.4, 0.5) is 4.79 Å². The maximum Gasteiger partial charge on any atom is 0.317 e. The standard InChI is InChI=1S/C15H31N3O2/c1-4-17-6-8-18(9-7-17)15(20)16-12-14(5-10-19)11-13(2)3/h13-14,19H,4-12H2,1-3H3,(H,16,20). The van der Waals surface area contributed by atoms with E-state index in [0.29, 0.717) is 18.4 Å². The smallest absolute Gasteiger partial charge is 0.317 e. The number of amides is 2. The van der Waals surface area contributed by atoms with E-state index in [9.17, 15) is 4.79 Å². The molecular weight excluding hydrogens is 254 g/mol. The van der Waals surface area contributed by atoms with Gasteiger partial charge in [-0.05, 0) is 31.2 Å². The number of hydrogen-bond acceptors (Lipinski definition) is 3. The molecule has 0 spiro atoms. The number of aliphatic hydroxyl groups excluding tert-OH is 1. The maximum atomic E-state index is 12.1. The van der Waals surface area contributed by atoms with Gasteiger partial charge in [-0.2, -0.15) is 0 Å². The average molecular weight is 285 g/mol. The molecule has 20 heavy (non-hydrogen) atoms. The van der Waals surface area contributed by atoms with Gasteiger partial charge in [0.05, 0.1) is 0 Å².